The van der Waals surface area contributed by atoms with Crippen LogP contribution in [-0.4, -0.2) is 29.9 Å². The molecule has 4 heterocycles. The molecule has 134 valence electrons. The van der Waals surface area contributed by atoms with Crippen LogP contribution in [0.2, 0.25) is 5.02 Å². The second-order valence-corrected chi connectivity index (χ2v) is 6.58. The van der Waals surface area contributed by atoms with E-state index in [9.17, 15) is 4.79 Å². The molecule has 0 amide bonds. The van der Waals surface area contributed by atoms with E-state index in [4.69, 9.17) is 16.9 Å². The highest BCUT2D eigenvalue weighted by Gasteiger charge is 2.16. The largest absolute Gasteiger partial charge is 0.346 e. The van der Waals surface area contributed by atoms with E-state index in [0.717, 1.165) is 16.5 Å². The predicted octanol–water partition coefficient (Wildman–Crippen LogP) is 3.18. The molecule has 0 unspecified atom stereocenters. The van der Waals surface area contributed by atoms with Crippen molar-refractivity contribution in [1.29, 1.82) is 5.26 Å². The number of aromatic amines is 2. The molecule has 0 saturated heterocycles. The Hall–Kier alpha value is -3.96. The van der Waals surface area contributed by atoms with Gasteiger partial charge in [-0.15, -0.1) is 0 Å². The van der Waals surface area contributed by atoms with Crippen molar-refractivity contribution in [2.45, 2.75) is 0 Å². The zero-order valence-corrected chi connectivity index (χ0v) is 14.9. The lowest BCUT2D eigenvalue weighted by atomic mass is 10.0. The number of benzene rings is 1. The van der Waals surface area contributed by atoms with E-state index in [1.54, 1.807) is 30.7 Å². The number of hydrogen-bond acceptors (Lipinski definition) is 5. The number of nitriles is 1. The zero-order valence-electron chi connectivity index (χ0n) is 14.1. The van der Waals surface area contributed by atoms with Gasteiger partial charge in [0.25, 0.3) is 0 Å². The van der Waals surface area contributed by atoms with Gasteiger partial charge in [-0.05, 0) is 23.8 Å². The number of fused-ring (bicyclic) bond motifs is 2. The van der Waals surface area contributed by atoms with Crippen LogP contribution in [0.15, 0.2) is 53.8 Å². The standard InChI is InChI=1S/C19H10ClN7O/c20-15-4-11(3-12-8-23-26-17(12)15)13-5-14-16(28)1-2-22-18(14)25-19(13)27-9-10(6-21)7-24-27/h1-5,7-9H,(H,23,26)(H,22,25,28). The third-order valence-electron chi connectivity index (χ3n) is 4.46. The number of nitrogens with zero attached hydrogens (tertiary/aromatic N) is 5. The maximum atomic E-state index is 12.3. The van der Waals surface area contributed by atoms with Gasteiger partial charge in [-0.3, -0.25) is 9.89 Å². The average molecular weight is 388 g/mol. The molecule has 0 atom stereocenters. The average Bonchev–Trinajstić information content (AvgIpc) is 3.37. The molecule has 1 aromatic carbocycles. The van der Waals surface area contributed by atoms with Gasteiger partial charge in [-0.25, -0.2) is 9.67 Å². The number of pyridine rings is 2. The SMILES string of the molecule is N#Cc1cnn(-c2nc3[nH]ccc(=O)c3cc2-c2cc(Cl)c3[nH]ncc3c2)c1. The molecule has 0 bridgehead atoms. The van der Waals surface area contributed by atoms with Crippen LogP contribution in [0.4, 0.5) is 0 Å². The highest BCUT2D eigenvalue weighted by molar-refractivity contribution is 6.35. The van der Waals surface area contributed by atoms with Gasteiger partial charge >= 0.3 is 0 Å². The minimum absolute atomic E-state index is 0.150. The van der Waals surface area contributed by atoms with Crippen LogP contribution >= 0.6 is 11.6 Å². The second kappa shape index (κ2) is 6.04. The summed E-state index contributed by atoms with van der Waals surface area (Å²) in [5.74, 6) is 0.467. The lowest BCUT2D eigenvalue weighted by Crippen LogP contribution is -2.07. The van der Waals surface area contributed by atoms with Gasteiger partial charge in [-0.1, -0.05) is 11.6 Å². The Morgan fingerprint density at radius 3 is 2.93 bits per heavy atom. The van der Waals surface area contributed by atoms with Crippen LogP contribution in [0.5, 0.6) is 0 Å². The van der Waals surface area contributed by atoms with E-state index in [2.05, 4.69) is 31.3 Å². The molecule has 0 aliphatic carbocycles. The van der Waals surface area contributed by atoms with Crippen molar-refractivity contribution in [2.75, 3.05) is 0 Å². The Labute approximate surface area is 162 Å². The number of H-pyrrole nitrogens is 2. The molecule has 2 N–H and O–H groups in total. The molecule has 0 aliphatic rings. The molecule has 9 heteroatoms. The van der Waals surface area contributed by atoms with Crippen LogP contribution in [0.1, 0.15) is 5.56 Å². The number of aromatic nitrogens is 6. The third-order valence-corrected chi connectivity index (χ3v) is 4.76. The van der Waals surface area contributed by atoms with E-state index in [0.29, 0.717) is 33.0 Å². The molecule has 28 heavy (non-hydrogen) atoms. The predicted molar refractivity (Wildman–Crippen MR) is 104 cm³/mol. The van der Waals surface area contributed by atoms with Crippen LogP contribution in [0, 0.1) is 11.3 Å². The molecule has 0 radical (unpaired) electrons. The number of hydrogen-bond donors (Lipinski definition) is 2. The van der Waals surface area contributed by atoms with Crippen LogP contribution in [0.25, 0.3) is 38.9 Å². The summed E-state index contributed by atoms with van der Waals surface area (Å²) in [4.78, 5) is 19.9. The Balaban J connectivity index is 1.86. The summed E-state index contributed by atoms with van der Waals surface area (Å²) in [6.45, 7) is 0. The first kappa shape index (κ1) is 16.2. The molecular weight excluding hydrogens is 378 g/mol. The van der Waals surface area contributed by atoms with E-state index < -0.39 is 0 Å². The first-order valence-electron chi connectivity index (χ1n) is 8.24. The van der Waals surface area contributed by atoms with Gasteiger partial charge in [0.15, 0.2) is 11.2 Å². The summed E-state index contributed by atoms with van der Waals surface area (Å²) < 4.78 is 1.51. The lowest BCUT2D eigenvalue weighted by Gasteiger charge is -2.11. The fraction of sp³-hybridized carbons (Fsp3) is 0. The van der Waals surface area contributed by atoms with E-state index >= 15 is 0 Å². The fourth-order valence-electron chi connectivity index (χ4n) is 3.14. The number of nitrogens with one attached hydrogen (secondary N) is 2. The van der Waals surface area contributed by atoms with Gasteiger partial charge in [0.2, 0.25) is 0 Å². The van der Waals surface area contributed by atoms with Crippen molar-refractivity contribution in [2.24, 2.45) is 0 Å². The van der Waals surface area contributed by atoms with Gasteiger partial charge < -0.3 is 4.98 Å². The van der Waals surface area contributed by atoms with Crippen molar-refractivity contribution in [1.82, 2.24) is 29.9 Å². The third kappa shape index (κ3) is 2.46. The Morgan fingerprint density at radius 2 is 2.11 bits per heavy atom. The molecule has 5 aromatic rings. The van der Waals surface area contributed by atoms with Crippen LogP contribution < -0.4 is 5.43 Å². The monoisotopic (exact) mass is 387 g/mol. The molecular formula is C19H10ClN7O. The van der Waals surface area contributed by atoms with Crippen molar-refractivity contribution in [3.63, 3.8) is 0 Å². The summed E-state index contributed by atoms with van der Waals surface area (Å²) in [5.41, 5.74) is 2.81. The minimum Gasteiger partial charge on any atom is -0.346 e. The lowest BCUT2D eigenvalue weighted by molar-refractivity contribution is 0.852. The molecule has 5 rings (SSSR count). The first-order valence-corrected chi connectivity index (χ1v) is 8.62. The molecule has 8 nitrogen and oxygen atoms in total. The number of rotatable bonds is 2. The summed E-state index contributed by atoms with van der Waals surface area (Å²) >= 11 is 6.40. The molecule has 4 aromatic heterocycles. The van der Waals surface area contributed by atoms with Gasteiger partial charge in [0.05, 0.1) is 40.1 Å². The summed E-state index contributed by atoms with van der Waals surface area (Å²) in [7, 11) is 0. The second-order valence-electron chi connectivity index (χ2n) is 6.18. The minimum atomic E-state index is -0.150. The fourth-order valence-corrected chi connectivity index (χ4v) is 3.41. The highest BCUT2D eigenvalue weighted by Crippen LogP contribution is 2.33. The molecule has 0 fully saturated rings. The van der Waals surface area contributed by atoms with E-state index in [-0.39, 0.29) is 5.43 Å². The van der Waals surface area contributed by atoms with E-state index in [1.807, 2.05) is 6.07 Å². The van der Waals surface area contributed by atoms with E-state index in [1.165, 1.54) is 16.9 Å². The van der Waals surface area contributed by atoms with Crippen molar-refractivity contribution in [3.05, 3.63) is 69.9 Å². The normalized spacial score (nSPS) is 11.1. The van der Waals surface area contributed by atoms with Crippen LogP contribution in [0.3, 0.4) is 0 Å². The van der Waals surface area contributed by atoms with Gasteiger partial charge in [-0.2, -0.15) is 15.5 Å². The molecule has 0 saturated carbocycles. The highest BCUT2D eigenvalue weighted by atomic mass is 35.5. The Bertz CT molecular complexity index is 1470. The number of halogens is 1. The molecule has 0 spiro atoms. The Morgan fingerprint density at radius 1 is 1.21 bits per heavy atom. The van der Waals surface area contributed by atoms with Crippen LogP contribution in [-0.2, 0) is 0 Å². The summed E-state index contributed by atoms with van der Waals surface area (Å²) in [6.07, 6.45) is 6.25. The quantitative estimate of drug-likeness (QED) is 0.482. The topological polar surface area (TPSA) is 116 Å². The maximum Gasteiger partial charge on any atom is 0.191 e. The summed E-state index contributed by atoms with van der Waals surface area (Å²) in [6, 6.07) is 8.93. The van der Waals surface area contributed by atoms with Gasteiger partial charge in [0.1, 0.15) is 11.7 Å². The first-order chi connectivity index (χ1) is 13.6. The van der Waals surface area contributed by atoms with Crippen molar-refractivity contribution in [3.8, 4) is 23.0 Å². The molecule has 0 aliphatic heterocycles. The maximum absolute atomic E-state index is 12.3. The summed E-state index contributed by atoms with van der Waals surface area (Å²) in [5, 5.41) is 22.0. The van der Waals surface area contributed by atoms with Crippen molar-refractivity contribution >= 4 is 33.5 Å². The van der Waals surface area contributed by atoms with Gasteiger partial charge in [0, 0.05) is 23.2 Å². The van der Waals surface area contributed by atoms with Crippen molar-refractivity contribution < 1.29 is 0 Å². The Kier molecular flexibility index (Phi) is 3.50. The zero-order chi connectivity index (χ0) is 19.3. The smallest absolute Gasteiger partial charge is 0.191 e.